The lowest BCUT2D eigenvalue weighted by atomic mass is 9.84. The van der Waals surface area contributed by atoms with Crippen LogP contribution < -0.4 is 10.6 Å². The van der Waals surface area contributed by atoms with Gasteiger partial charge in [0.05, 0.1) is 0 Å². The van der Waals surface area contributed by atoms with Crippen molar-refractivity contribution < 1.29 is 4.79 Å². The maximum absolute atomic E-state index is 12.0. The van der Waals surface area contributed by atoms with Crippen molar-refractivity contribution in [3.05, 3.63) is 35.4 Å². The summed E-state index contributed by atoms with van der Waals surface area (Å²) in [5.41, 5.74) is 2.20. The van der Waals surface area contributed by atoms with E-state index >= 15 is 0 Å². The molecule has 4 heteroatoms. The van der Waals surface area contributed by atoms with Gasteiger partial charge >= 0.3 is 0 Å². The molecule has 1 saturated heterocycles. The lowest BCUT2D eigenvalue weighted by molar-refractivity contribution is 0.0942. The number of halogens is 1. The number of carbonyl (C=O) groups excluding carboxylic acids is 1. The second-order valence-electron chi connectivity index (χ2n) is 6.19. The molecule has 1 aromatic rings. The third-order valence-electron chi connectivity index (χ3n) is 4.67. The van der Waals surface area contributed by atoms with E-state index in [-0.39, 0.29) is 18.3 Å². The summed E-state index contributed by atoms with van der Waals surface area (Å²) in [5, 5.41) is 6.24. The lowest BCUT2D eigenvalue weighted by Gasteiger charge is -2.27. The van der Waals surface area contributed by atoms with E-state index < -0.39 is 0 Å². The van der Waals surface area contributed by atoms with Crippen molar-refractivity contribution in [1.29, 1.82) is 0 Å². The van der Waals surface area contributed by atoms with Crippen LogP contribution in [0.2, 0.25) is 0 Å². The maximum Gasteiger partial charge on any atom is 0.251 e. The summed E-state index contributed by atoms with van der Waals surface area (Å²) in [6.07, 6.45) is 6.69. The third kappa shape index (κ3) is 4.21. The second-order valence-corrected chi connectivity index (χ2v) is 6.19. The van der Waals surface area contributed by atoms with Crippen molar-refractivity contribution >= 4 is 18.3 Å². The Morgan fingerprint density at radius 2 is 1.76 bits per heavy atom. The fourth-order valence-electron chi connectivity index (χ4n) is 3.17. The predicted octanol–water partition coefficient (Wildman–Crippen LogP) is 3.11. The van der Waals surface area contributed by atoms with E-state index in [2.05, 4.69) is 22.8 Å². The first-order chi connectivity index (χ1) is 9.83. The van der Waals surface area contributed by atoms with Crippen LogP contribution in [0.15, 0.2) is 24.3 Å². The molecule has 0 aromatic heterocycles. The van der Waals surface area contributed by atoms with Gasteiger partial charge < -0.3 is 10.6 Å². The van der Waals surface area contributed by atoms with Crippen molar-refractivity contribution in [2.45, 2.75) is 38.0 Å². The second kappa shape index (κ2) is 7.81. The van der Waals surface area contributed by atoms with Gasteiger partial charge in [-0.25, -0.2) is 0 Å². The number of benzene rings is 1. The van der Waals surface area contributed by atoms with E-state index in [1.54, 1.807) is 0 Å². The molecule has 3 nitrogen and oxygen atoms in total. The number of hydrogen-bond donors (Lipinski definition) is 2. The van der Waals surface area contributed by atoms with E-state index in [1.165, 1.54) is 37.7 Å². The van der Waals surface area contributed by atoms with Crippen molar-refractivity contribution in [2.24, 2.45) is 5.92 Å². The summed E-state index contributed by atoms with van der Waals surface area (Å²) in [4.78, 5) is 12.0. The van der Waals surface area contributed by atoms with Gasteiger partial charge in [-0.3, -0.25) is 4.79 Å². The quantitative estimate of drug-likeness (QED) is 0.897. The summed E-state index contributed by atoms with van der Waals surface area (Å²) < 4.78 is 0. The molecule has 116 valence electrons. The molecule has 1 amide bonds. The molecule has 0 radical (unpaired) electrons. The van der Waals surface area contributed by atoms with E-state index in [0.29, 0.717) is 11.8 Å². The van der Waals surface area contributed by atoms with Gasteiger partial charge in [-0.1, -0.05) is 31.4 Å². The van der Waals surface area contributed by atoms with Gasteiger partial charge in [-0.05, 0) is 36.5 Å². The largest absolute Gasteiger partial charge is 0.352 e. The first-order valence-electron chi connectivity index (χ1n) is 7.92. The molecule has 0 atom stereocenters. The summed E-state index contributed by atoms with van der Waals surface area (Å²) in [6.45, 7) is 2.85. The Kier molecular flexibility index (Phi) is 6.07. The highest BCUT2D eigenvalue weighted by Crippen LogP contribution is 2.32. The monoisotopic (exact) mass is 308 g/mol. The van der Waals surface area contributed by atoms with Crippen LogP contribution in [-0.4, -0.2) is 25.5 Å². The van der Waals surface area contributed by atoms with E-state index in [4.69, 9.17) is 0 Å². The van der Waals surface area contributed by atoms with Crippen molar-refractivity contribution in [3.63, 3.8) is 0 Å². The Morgan fingerprint density at radius 3 is 2.33 bits per heavy atom. The lowest BCUT2D eigenvalue weighted by Crippen LogP contribution is -2.48. The van der Waals surface area contributed by atoms with Crippen LogP contribution in [0.3, 0.4) is 0 Å². The van der Waals surface area contributed by atoms with Gasteiger partial charge in [0.15, 0.2) is 0 Å². The topological polar surface area (TPSA) is 41.1 Å². The molecule has 2 aliphatic rings. The molecule has 2 fully saturated rings. The fraction of sp³-hybridized carbons (Fsp3) is 0.588. The summed E-state index contributed by atoms with van der Waals surface area (Å²) in [5.74, 6) is 1.38. The average molecular weight is 309 g/mol. The SMILES string of the molecule is Cl.O=C(NCC1CNC1)c1ccc(C2CCCCC2)cc1. The highest BCUT2D eigenvalue weighted by atomic mass is 35.5. The number of rotatable bonds is 4. The van der Waals surface area contributed by atoms with Crippen LogP contribution in [0.4, 0.5) is 0 Å². The average Bonchev–Trinajstić information content (AvgIpc) is 2.46. The third-order valence-corrected chi connectivity index (χ3v) is 4.67. The zero-order valence-corrected chi connectivity index (χ0v) is 13.3. The zero-order valence-electron chi connectivity index (χ0n) is 12.4. The maximum atomic E-state index is 12.0. The fourth-order valence-corrected chi connectivity index (χ4v) is 3.17. The molecule has 0 bridgehead atoms. The molecule has 1 aliphatic heterocycles. The minimum absolute atomic E-state index is 0. The smallest absolute Gasteiger partial charge is 0.251 e. The Hall–Kier alpha value is -1.06. The highest BCUT2D eigenvalue weighted by molar-refractivity contribution is 5.94. The zero-order chi connectivity index (χ0) is 13.8. The molecule has 3 rings (SSSR count). The van der Waals surface area contributed by atoms with E-state index in [1.807, 2.05) is 12.1 Å². The van der Waals surface area contributed by atoms with Crippen molar-refractivity contribution in [1.82, 2.24) is 10.6 Å². The number of nitrogens with one attached hydrogen (secondary N) is 2. The minimum Gasteiger partial charge on any atom is -0.352 e. The highest BCUT2D eigenvalue weighted by Gasteiger charge is 2.18. The Labute approximate surface area is 133 Å². The van der Waals surface area contributed by atoms with Gasteiger partial charge in [0.1, 0.15) is 0 Å². The van der Waals surface area contributed by atoms with Gasteiger partial charge in [-0.2, -0.15) is 0 Å². The van der Waals surface area contributed by atoms with Gasteiger partial charge in [-0.15, -0.1) is 12.4 Å². The molecule has 2 N–H and O–H groups in total. The Bertz CT molecular complexity index is 450. The number of amides is 1. The molecule has 21 heavy (non-hydrogen) atoms. The van der Waals surface area contributed by atoms with Crippen LogP contribution in [0, 0.1) is 5.92 Å². The molecule has 1 aliphatic carbocycles. The molecule has 1 aromatic carbocycles. The van der Waals surface area contributed by atoms with E-state index in [0.717, 1.165) is 25.2 Å². The van der Waals surface area contributed by atoms with Crippen LogP contribution in [0.5, 0.6) is 0 Å². The van der Waals surface area contributed by atoms with Gasteiger partial charge in [0.2, 0.25) is 0 Å². The summed E-state index contributed by atoms with van der Waals surface area (Å²) in [6, 6.07) is 8.27. The van der Waals surface area contributed by atoms with Crippen LogP contribution in [-0.2, 0) is 0 Å². The van der Waals surface area contributed by atoms with Crippen molar-refractivity contribution in [3.8, 4) is 0 Å². The number of carbonyl (C=O) groups is 1. The predicted molar refractivity (Wildman–Crippen MR) is 88.2 cm³/mol. The van der Waals surface area contributed by atoms with Crippen LogP contribution in [0.1, 0.15) is 53.9 Å². The molecule has 0 spiro atoms. The normalized spacial score (nSPS) is 19.4. The van der Waals surface area contributed by atoms with Crippen molar-refractivity contribution in [2.75, 3.05) is 19.6 Å². The van der Waals surface area contributed by atoms with Crippen LogP contribution >= 0.6 is 12.4 Å². The Balaban J connectivity index is 0.00000161. The first kappa shape index (κ1) is 16.3. The number of hydrogen-bond acceptors (Lipinski definition) is 2. The summed E-state index contributed by atoms with van der Waals surface area (Å²) >= 11 is 0. The molecular weight excluding hydrogens is 284 g/mol. The standard InChI is InChI=1S/C17H24N2O.ClH/c20-17(19-12-13-10-18-11-13)16-8-6-15(7-9-16)14-4-2-1-3-5-14;/h6-9,13-14,18H,1-5,10-12H2,(H,19,20);1H. The van der Waals surface area contributed by atoms with E-state index in [9.17, 15) is 4.79 Å². The minimum atomic E-state index is 0. The molecule has 0 unspecified atom stereocenters. The van der Waals surface area contributed by atoms with Gasteiger partial charge in [0.25, 0.3) is 5.91 Å². The molecular formula is C17H25ClN2O. The molecule has 1 heterocycles. The Morgan fingerprint density at radius 1 is 1.10 bits per heavy atom. The summed E-state index contributed by atoms with van der Waals surface area (Å²) in [7, 11) is 0. The first-order valence-corrected chi connectivity index (χ1v) is 7.92. The van der Waals surface area contributed by atoms with Gasteiger partial charge in [0, 0.05) is 31.1 Å². The van der Waals surface area contributed by atoms with Crippen LogP contribution in [0.25, 0.3) is 0 Å². The molecule has 1 saturated carbocycles.